The number of benzene rings is 1. The van der Waals surface area contributed by atoms with E-state index in [1.807, 2.05) is 38.1 Å². The van der Waals surface area contributed by atoms with Gasteiger partial charge in [0.1, 0.15) is 6.61 Å². The first-order valence-corrected chi connectivity index (χ1v) is 12.3. The molecule has 3 aromatic rings. The van der Waals surface area contributed by atoms with Crippen molar-refractivity contribution in [2.45, 2.75) is 65.1 Å². The lowest BCUT2D eigenvalue weighted by Gasteiger charge is -2.31. The van der Waals surface area contributed by atoms with Crippen LogP contribution in [0.1, 0.15) is 68.6 Å². The summed E-state index contributed by atoms with van der Waals surface area (Å²) in [6.07, 6.45) is 1.29. The molecule has 184 valence electrons. The molecule has 0 aliphatic carbocycles. The second kappa shape index (κ2) is 9.18. The number of hydrogen-bond acceptors (Lipinski definition) is 7. The van der Waals surface area contributed by atoms with Crippen LogP contribution in [0.15, 0.2) is 35.1 Å². The molecule has 35 heavy (non-hydrogen) atoms. The average molecular weight is 479 g/mol. The molecule has 0 amide bonds. The van der Waals surface area contributed by atoms with Crippen LogP contribution in [0.2, 0.25) is 0 Å². The quantitative estimate of drug-likeness (QED) is 0.303. The van der Waals surface area contributed by atoms with E-state index in [9.17, 15) is 14.7 Å². The number of aromatic nitrogens is 2. The minimum absolute atomic E-state index is 0.106. The molecular weight excluding hydrogens is 448 g/mol. The first kappa shape index (κ1) is 23.7. The lowest BCUT2D eigenvalue weighted by atomic mass is 9.86. The average Bonchev–Trinajstić information content (AvgIpc) is 3.23. The van der Waals surface area contributed by atoms with Crippen LogP contribution in [-0.2, 0) is 37.8 Å². The third-order valence-electron chi connectivity index (χ3n) is 6.77. The SMILES string of the molecule is CCCOC(OCCC)c1cccc2cc3c(nc12)-c1cc2c(c(=O)n1C3)COC(=O)[C@]2(O)CC. The molecule has 0 unspecified atom stereocenters. The Labute approximate surface area is 203 Å². The van der Waals surface area contributed by atoms with E-state index in [0.29, 0.717) is 42.3 Å². The maximum atomic E-state index is 13.4. The summed E-state index contributed by atoms with van der Waals surface area (Å²) in [6.45, 7) is 7.14. The molecule has 2 aromatic heterocycles. The van der Waals surface area contributed by atoms with Gasteiger partial charge in [-0.3, -0.25) is 4.79 Å². The Balaban J connectivity index is 1.68. The number of aliphatic hydroxyl groups is 1. The highest BCUT2D eigenvalue weighted by molar-refractivity contribution is 5.88. The summed E-state index contributed by atoms with van der Waals surface area (Å²) < 4.78 is 18.8. The highest BCUT2D eigenvalue weighted by atomic mass is 16.7. The number of pyridine rings is 2. The molecule has 1 atom stereocenters. The van der Waals surface area contributed by atoms with Crippen LogP contribution < -0.4 is 5.56 Å². The Bertz CT molecular complexity index is 1360. The van der Waals surface area contributed by atoms with Gasteiger partial charge in [0.2, 0.25) is 0 Å². The summed E-state index contributed by atoms with van der Waals surface area (Å²) in [4.78, 5) is 30.8. The smallest absolute Gasteiger partial charge is 0.343 e. The zero-order valence-electron chi connectivity index (χ0n) is 20.3. The van der Waals surface area contributed by atoms with Crippen molar-refractivity contribution in [1.29, 1.82) is 0 Å². The number of para-hydroxylation sites is 1. The van der Waals surface area contributed by atoms with Gasteiger partial charge >= 0.3 is 5.97 Å². The van der Waals surface area contributed by atoms with Gasteiger partial charge in [0.15, 0.2) is 11.9 Å². The van der Waals surface area contributed by atoms with Crippen molar-refractivity contribution < 1.29 is 24.1 Å². The van der Waals surface area contributed by atoms with Gasteiger partial charge in [0.25, 0.3) is 5.56 Å². The molecule has 0 bridgehead atoms. The Morgan fingerprint density at radius 1 is 1.14 bits per heavy atom. The van der Waals surface area contributed by atoms with Crippen molar-refractivity contribution in [3.05, 3.63) is 62.9 Å². The van der Waals surface area contributed by atoms with Crippen molar-refractivity contribution >= 4 is 16.9 Å². The summed E-state index contributed by atoms with van der Waals surface area (Å²) >= 11 is 0. The molecule has 4 heterocycles. The summed E-state index contributed by atoms with van der Waals surface area (Å²) in [7, 11) is 0. The van der Waals surface area contributed by atoms with E-state index in [-0.39, 0.29) is 18.6 Å². The molecule has 2 aliphatic rings. The minimum Gasteiger partial charge on any atom is -0.458 e. The van der Waals surface area contributed by atoms with Crippen LogP contribution >= 0.6 is 0 Å². The van der Waals surface area contributed by atoms with Crippen LogP contribution in [0.5, 0.6) is 0 Å². The summed E-state index contributed by atoms with van der Waals surface area (Å²) in [5.41, 5.74) is 2.24. The number of rotatable bonds is 8. The van der Waals surface area contributed by atoms with Gasteiger partial charge in [-0.1, -0.05) is 39.0 Å². The molecule has 5 rings (SSSR count). The normalized spacial score (nSPS) is 18.5. The lowest BCUT2D eigenvalue weighted by molar-refractivity contribution is -0.172. The summed E-state index contributed by atoms with van der Waals surface area (Å²) in [5.74, 6) is -0.729. The molecular formula is C27H30N2O6. The third kappa shape index (κ3) is 3.76. The number of carbonyl (C=O) groups is 1. The second-order valence-corrected chi connectivity index (χ2v) is 9.09. The van der Waals surface area contributed by atoms with Crippen LogP contribution in [0, 0.1) is 0 Å². The molecule has 0 saturated carbocycles. The zero-order chi connectivity index (χ0) is 24.7. The Kier molecular flexibility index (Phi) is 6.21. The summed E-state index contributed by atoms with van der Waals surface area (Å²) in [5, 5.41) is 12.0. The Morgan fingerprint density at radius 2 is 1.89 bits per heavy atom. The van der Waals surface area contributed by atoms with Gasteiger partial charge in [-0.05, 0) is 31.4 Å². The van der Waals surface area contributed by atoms with Gasteiger partial charge in [-0.25, -0.2) is 9.78 Å². The molecule has 0 radical (unpaired) electrons. The largest absolute Gasteiger partial charge is 0.458 e. The van der Waals surface area contributed by atoms with Gasteiger partial charge in [0.05, 0.1) is 29.0 Å². The zero-order valence-corrected chi connectivity index (χ0v) is 20.3. The molecule has 0 spiro atoms. The van der Waals surface area contributed by atoms with E-state index in [1.54, 1.807) is 17.6 Å². The molecule has 1 N–H and O–H groups in total. The van der Waals surface area contributed by atoms with Crippen LogP contribution in [0.25, 0.3) is 22.3 Å². The van der Waals surface area contributed by atoms with Crippen molar-refractivity contribution in [2.24, 2.45) is 0 Å². The molecule has 8 nitrogen and oxygen atoms in total. The number of nitrogens with zero attached hydrogens (tertiary/aromatic N) is 2. The van der Waals surface area contributed by atoms with Crippen molar-refractivity contribution in [2.75, 3.05) is 13.2 Å². The first-order chi connectivity index (χ1) is 16.9. The highest BCUT2D eigenvalue weighted by Gasteiger charge is 2.45. The molecule has 0 fully saturated rings. The number of hydrogen-bond donors (Lipinski definition) is 1. The number of ether oxygens (including phenoxy) is 3. The monoisotopic (exact) mass is 478 g/mol. The minimum atomic E-state index is -1.85. The van der Waals surface area contributed by atoms with E-state index in [4.69, 9.17) is 19.2 Å². The van der Waals surface area contributed by atoms with Crippen LogP contribution in [0.3, 0.4) is 0 Å². The molecule has 0 saturated heterocycles. The maximum absolute atomic E-state index is 13.4. The highest BCUT2D eigenvalue weighted by Crippen LogP contribution is 2.39. The number of esters is 1. The van der Waals surface area contributed by atoms with Gasteiger partial charge in [0, 0.05) is 35.3 Å². The van der Waals surface area contributed by atoms with E-state index >= 15 is 0 Å². The van der Waals surface area contributed by atoms with Crippen LogP contribution in [0.4, 0.5) is 0 Å². The maximum Gasteiger partial charge on any atom is 0.343 e. The van der Waals surface area contributed by atoms with Crippen LogP contribution in [-0.4, -0.2) is 33.8 Å². The standard InChI is InChI=1S/C27H30N2O6/c1-4-10-33-25(34-11-5-2)18-9-7-8-16-12-17-14-29-21(23(17)28-22(16)18)13-20-19(24(29)30)15-35-26(31)27(20,32)6-3/h7-9,12-13,25,32H,4-6,10-11,14-15H2,1-3H3/t27-/m0/s1. The Hall–Kier alpha value is -3.07. The topological polar surface area (TPSA) is 99.9 Å². The molecule has 2 aliphatic heterocycles. The van der Waals surface area contributed by atoms with Crippen molar-refractivity contribution in [1.82, 2.24) is 9.55 Å². The van der Waals surface area contributed by atoms with E-state index < -0.39 is 17.9 Å². The number of carbonyl (C=O) groups excluding carboxylic acids is 1. The van der Waals surface area contributed by atoms with Gasteiger partial charge < -0.3 is 23.9 Å². The Morgan fingerprint density at radius 3 is 2.57 bits per heavy atom. The fourth-order valence-corrected chi connectivity index (χ4v) is 4.90. The van der Waals surface area contributed by atoms with Gasteiger partial charge in [-0.2, -0.15) is 0 Å². The van der Waals surface area contributed by atoms with E-state index in [1.165, 1.54) is 0 Å². The fraction of sp³-hybridized carbons (Fsp3) is 0.444. The summed E-state index contributed by atoms with van der Waals surface area (Å²) in [6, 6.07) is 9.67. The number of fused-ring (bicyclic) bond motifs is 5. The van der Waals surface area contributed by atoms with E-state index in [2.05, 4.69) is 0 Å². The van der Waals surface area contributed by atoms with Crippen molar-refractivity contribution in [3.8, 4) is 11.4 Å². The fourth-order valence-electron chi connectivity index (χ4n) is 4.90. The number of cyclic esters (lactones) is 1. The third-order valence-corrected chi connectivity index (χ3v) is 6.77. The second-order valence-electron chi connectivity index (χ2n) is 9.09. The van der Waals surface area contributed by atoms with Gasteiger partial charge in [-0.15, -0.1) is 0 Å². The molecule has 1 aromatic carbocycles. The predicted molar refractivity (Wildman–Crippen MR) is 130 cm³/mol. The predicted octanol–water partition coefficient (Wildman–Crippen LogP) is 3.93. The molecule has 8 heteroatoms. The lowest BCUT2D eigenvalue weighted by Crippen LogP contribution is -2.44. The van der Waals surface area contributed by atoms with E-state index in [0.717, 1.165) is 34.9 Å². The first-order valence-electron chi connectivity index (χ1n) is 12.3. The van der Waals surface area contributed by atoms with Crippen molar-refractivity contribution in [3.63, 3.8) is 0 Å².